The Morgan fingerprint density at radius 1 is 0.380 bits per heavy atom. The van der Waals surface area contributed by atoms with Crippen LogP contribution < -0.4 is 4.90 Å². The third-order valence-electron chi connectivity index (χ3n) is 9.74. The fourth-order valence-corrected chi connectivity index (χ4v) is 7.51. The first-order valence-electron chi connectivity index (χ1n) is 16.9. The summed E-state index contributed by atoms with van der Waals surface area (Å²) in [5.74, 6) is 1.51. The summed E-state index contributed by atoms with van der Waals surface area (Å²) in [6, 6.07) is 64.4. The van der Waals surface area contributed by atoms with Crippen molar-refractivity contribution >= 4 is 38.9 Å². The van der Waals surface area contributed by atoms with Crippen LogP contribution in [0.3, 0.4) is 0 Å². The molecule has 234 valence electrons. The molecule has 1 aliphatic heterocycles. The summed E-state index contributed by atoms with van der Waals surface area (Å²) in [5, 5.41) is 2.35. The highest BCUT2D eigenvalue weighted by Gasteiger charge is 2.28. The summed E-state index contributed by atoms with van der Waals surface area (Å²) < 4.78 is 2.32. The molecule has 9 aromatic rings. The molecule has 0 saturated carbocycles. The summed E-state index contributed by atoms with van der Waals surface area (Å²) in [7, 11) is 0. The van der Waals surface area contributed by atoms with Crippen LogP contribution in [0.5, 0.6) is 0 Å². The van der Waals surface area contributed by atoms with Crippen molar-refractivity contribution in [3.63, 3.8) is 0 Å². The molecule has 10 rings (SSSR count). The van der Waals surface area contributed by atoms with Crippen LogP contribution in [0, 0.1) is 0 Å². The molecule has 2 aromatic heterocycles. The van der Waals surface area contributed by atoms with Gasteiger partial charge in [0.15, 0.2) is 5.82 Å². The van der Waals surface area contributed by atoms with Gasteiger partial charge in [0.2, 0.25) is 0 Å². The zero-order valence-corrected chi connectivity index (χ0v) is 27.1. The number of benzene rings is 7. The van der Waals surface area contributed by atoms with E-state index in [2.05, 4.69) is 167 Å². The maximum atomic E-state index is 5.29. The largest absolute Gasteiger partial charge is 0.309 e. The first-order chi connectivity index (χ1) is 24.8. The molecular weight excluding hydrogens is 609 g/mol. The normalized spacial score (nSPS) is 12.0. The highest BCUT2D eigenvalue weighted by atomic mass is 15.2. The third-order valence-corrected chi connectivity index (χ3v) is 9.74. The van der Waals surface area contributed by atoms with E-state index < -0.39 is 0 Å². The molecule has 4 nitrogen and oxygen atoms in total. The molecule has 0 N–H and O–H groups in total. The first kappa shape index (κ1) is 28.3. The Hall–Kier alpha value is -6.78. The van der Waals surface area contributed by atoms with Gasteiger partial charge in [-0.05, 0) is 47.5 Å². The van der Waals surface area contributed by atoms with E-state index in [0.717, 1.165) is 50.7 Å². The lowest BCUT2D eigenvalue weighted by atomic mass is 9.94. The van der Waals surface area contributed by atoms with Gasteiger partial charge in [-0.2, -0.15) is 0 Å². The number of anilines is 3. The number of fused-ring (bicyclic) bond motifs is 8. The van der Waals surface area contributed by atoms with E-state index >= 15 is 0 Å². The van der Waals surface area contributed by atoms with Gasteiger partial charge in [-0.1, -0.05) is 140 Å². The molecular formula is C46H30N4. The summed E-state index contributed by atoms with van der Waals surface area (Å²) in [4.78, 5) is 12.8. The van der Waals surface area contributed by atoms with Gasteiger partial charge in [-0.15, -0.1) is 0 Å². The van der Waals surface area contributed by atoms with Gasteiger partial charge in [0.05, 0.1) is 28.1 Å². The van der Waals surface area contributed by atoms with Gasteiger partial charge in [0, 0.05) is 44.8 Å². The van der Waals surface area contributed by atoms with Crippen molar-refractivity contribution in [2.24, 2.45) is 0 Å². The zero-order chi connectivity index (χ0) is 33.0. The van der Waals surface area contributed by atoms with Gasteiger partial charge in [0.25, 0.3) is 0 Å². The Morgan fingerprint density at radius 3 is 1.74 bits per heavy atom. The fourth-order valence-electron chi connectivity index (χ4n) is 7.51. The maximum absolute atomic E-state index is 5.29. The van der Waals surface area contributed by atoms with E-state index in [1.807, 2.05) is 24.3 Å². The fraction of sp³-hybridized carbons (Fsp3) is 0. The van der Waals surface area contributed by atoms with Crippen LogP contribution >= 0.6 is 0 Å². The Morgan fingerprint density at radius 2 is 0.980 bits per heavy atom. The van der Waals surface area contributed by atoms with Crippen molar-refractivity contribution in [2.75, 3.05) is 4.90 Å². The quantitative estimate of drug-likeness (QED) is 0.192. The topological polar surface area (TPSA) is 34.0 Å². The molecule has 50 heavy (non-hydrogen) atoms. The summed E-state index contributed by atoms with van der Waals surface area (Å²) in [6.07, 6.45) is 0. The standard InChI is InChI=1S/C46H30N4/c1-4-16-31(17-5-1)40-29-45(48-46(47-40)32-18-6-2-7-19-32)50-42-27-15-13-25-37(42)39-28-38-35-23-11-10-22-34(35)36-24-12-14-26-41(36)49(43(38)30-44(39)50)33-20-8-3-9-21-33/h1-30H. The van der Waals surface area contributed by atoms with Gasteiger partial charge >= 0.3 is 0 Å². The van der Waals surface area contributed by atoms with Crippen molar-refractivity contribution in [2.45, 2.75) is 0 Å². The van der Waals surface area contributed by atoms with E-state index in [-0.39, 0.29) is 0 Å². The first-order valence-corrected chi connectivity index (χ1v) is 16.9. The molecule has 0 aliphatic carbocycles. The predicted molar refractivity (Wildman–Crippen MR) is 206 cm³/mol. The van der Waals surface area contributed by atoms with Crippen molar-refractivity contribution < 1.29 is 0 Å². The maximum Gasteiger partial charge on any atom is 0.162 e. The monoisotopic (exact) mass is 638 g/mol. The molecule has 0 bridgehead atoms. The van der Waals surface area contributed by atoms with Crippen LogP contribution in [0.15, 0.2) is 182 Å². The molecule has 0 radical (unpaired) electrons. The highest BCUT2D eigenvalue weighted by Crippen LogP contribution is 2.52. The van der Waals surface area contributed by atoms with E-state index in [1.54, 1.807) is 0 Å². The van der Waals surface area contributed by atoms with Crippen molar-refractivity contribution in [3.05, 3.63) is 182 Å². The second-order valence-electron chi connectivity index (χ2n) is 12.6. The van der Waals surface area contributed by atoms with Crippen LogP contribution in [-0.4, -0.2) is 14.5 Å². The smallest absolute Gasteiger partial charge is 0.162 e. The minimum absolute atomic E-state index is 0.691. The number of hydrogen-bond donors (Lipinski definition) is 0. The minimum atomic E-state index is 0.691. The number of rotatable bonds is 4. The Bertz CT molecular complexity index is 2640. The molecule has 0 saturated heterocycles. The average molecular weight is 639 g/mol. The summed E-state index contributed by atoms with van der Waals surface area (Å²) in [6.45, 7) is 0. The lowest BCUT2D eigenvalue weighted by Gasteiger charge is -2.27. The molecule has 0 amide bonds. The molecule has 7 aromatic carbocycles. The number of aromatic nitrogens is 3. The summed E-state index contributed by atoms with van der Waals surface area (Å²) >= 11 is 0. The van der Waals surface area contributed by atoms with E-state index in [1.165, 1.54) is 33.0 Å². The highest BCUT2D eigenvalue weighted by molar-refractivity contribution is 6.14. The molecule has 0 unspecified atom stereocenters. The van der Waals surface area contributed by atoms with Crippen molar-refractivity contribution in [1.29, 1.82) is 0 Å². The molecule has 3 heterocycles. The molecule has 4 heteroatoms. The summed E-state index contributed by atoms with van der Waals surface area (Å²) in [5.41, 5.74) is 13.3. The zero-order valence-electron chi connectivity index (χ0n) is 27.1. The lowest BCUT2D eigenvalue weighted by Crippen LogP contribution is -2.11. The molecule has 0 spiro atoms. The van der Waals surface area contributed by atoms with Crippen molar-refractivity contribution in [1.82, 2.24) is 14.5 Å². The molecule has 1 aliphatic rings. The Balaban J connectivity index is 1.33. The minimum Gasteiger partial charge on any atom is -0.309 e. The Kier molecular flexibility index (Phi) is 6.46. The van der Waals surface area contributed by atoms with Crippen LogP contribution in [-0.2, 0) is 0 Å². The van der Waals surface area contributed by atoms with Gasteiger partial charge in [0.1, 0.15) is 5.82 Å². The third kappa shape index (κ3) is 4.46. The van der Waals surface area contributed by atoms with Gasteiger partial charge in [-0.3, -0.25) is 4.57 Å². The lowest BCUT2D eigenvalue weighted by molar-refractivity contribution is 1.05. The van der Waals surface area contributed by atoms with E-state index in [4.69, 9.17) is 9.97 Å². The van der Waals surface area contributed by atoms with Crippen LogP contribution in [0.4, 0.5) is 17.1 Å². The van der Waals surface area contributed by atoms with Crippen LogP contribution in [0.25, 0.3) is 72.5 Å². The molecule has 0 atom stereocenters. The second kappa shape index (κ2) is 11.4. The SMILES string of the molecule is c1ccc(-c2cc(-n3c4ccccc4c4cc5c(cc43)N(c3ccccc3)c3ccccc3-c3ccccc3-5)nc(-c3ccccc3)n2)cc1. The van der Waals surface area contributed by atoms with E-state index in [9.17, 15) is 0 Å². The van der Waals surface area contributed by atoms with Crippen LogP contribution in [0.1, 0.15) is 0 Å². The number of para-hydroxylation sites is 3. The average Bonchev–Trinajstić information content (AvgIpc) is 3.46. The Labute approximate surface area is 290 Å². The van der Waals surface area contributed by atoms with E-state index in [0.29, 0.717) is 5.82 Å². The predicted octanol–water partition coefficient (Wildman–Crippen LogP) is 12.0. The molecule has 0 fully saturated rings. The van der Waals surface area contributed by atoms with Gasteiger partial charge < -0.3 is 4.90 Å². The number of nitrogens with zero attached hydrogens (tertiary/aromatic N) is 4. The van der Waals surface area contributed by atoms with Gasteiger partial charge in [-0.25, -0.2) is 9.97 Å². The number of hydrogen-bond acceptors (Lipinski definition) is 3. The van der Waals surface area contributed by atoms with Crippen molar-refractivity contribution in [3.8, 4) is 50.7 Å². The van der Waals surface area contributed by atoms with Crippen LogP contribution in [0.2, 0.25) is 0 Å². The second-order valence-corrected chi connectivity index (χ2v) is 12.6.